The maximum atomic E-state index is 12.3. The van der Waals surface area contributed by atoms with Crippen LogP contribution >= 0.6 is 22.6 Å². The second kappa shape index (κ2) is 10.5. The van der Waals surface area contributed by atoms with Gasteiger partial charge in [-0.15, -0.1) is 0 Å². The van der Waals surface area contributed by atoms with Gasteiger partial charge in [-0.25, -0.2) is 9.79 Å². The fourth-order valence-electron chi connectivity index (χ4n) is 3.21. The highest BCUT2D eigenvalue weighted by Crippen LogP contribution is 2.30. The van der Waals surface area contributed by atoms with Crippen molar-refractivity contribution in [3.05, 3.63) is 98.8 Å². The molecule has 0 unspecified atom stereocenters. The van der Waals surface area contributed by atoms with Crippen LogP contribution < -0.4 is 9.47 Å². The van der Waals surface area contributed by atoms with E-state index in [1.165, 1.54) is 5.56 Å². The second-order valence-corrected chi connectivity index (χ2v) is 8.31. The summed E-state index contributed by atoms with van der Waals surface area (Å²) in [5.41, 5.74) is 3.01. The molecule has 162 valence electrons. The molecule has 0 fully saturated rings. The predicted octanol–water partition coefficient (Wildman–Crippen LogP) is 5.66. The van der Waals surface area contributed by atoms with Gasteiger partial charge in [-0.1, -0.05) is 36.4 Å². The van der Waals surface area contributed by atoms with E-state index in [9.17, 15) is 4.79 Å². The van der Waals surface area contributed by atoms with Crippen LogP contribution in [0.25, 0.3) is 6.08 Å². The van der Waals surface area contributed by atoms with E-state index in [4.69, 9.17) is 14.2 Å². The van der Waals surface area contributed by atoms with Crippen LogP contribution in [-0.2, 0) is 16.0 Å². The summed E-state index contributed by atoms with van der Waals surface area (Å²) < 4.78 is 18.2. The number of hydrogen-bond donors (Lipinski definition) is 0. The molecule has 0 radical (unpaired) electrons. The van der Waals surface area contributed by atoms with Gasteiger partial charge in [-0.05, 0) is 83.1 Å². The van der Waals surface area contributed by atoms with E-state index in [1.54, 1.807) is 6.08 Å². The topological polar surface area (TPSA) is 57.1 Å². The monoisotopic (exact) mass is 539 g/mol. The molecule has 0 atom stereocenters. The van der Waals surface area contributed by atoms with Gasteiger partial charge in [0.05, 0.1) is 13.2 Å². The molecule has 4 rings (SSSR count). The number of rotatable bonds is 8. The van der Waals surface area contributed by atoms with Crippen LogP contribution in [0.4, 0.5) is 0 Å². The molecule has 0 bridgehead atoms. The molecule has 0 amide bonds. The first-order valence-corrected chi connectivity index (χ1v) is 11.4. The Morgan fingerprint density at radius 2 is 1.75 bits per heavy atom. The number of cyclic esters (lactones) is 1. The van der Waals surface area contributed by atoms with Crippen LogP contribution in [0.1, 0.15) is 23.6 Å². The van der Waals surface area contributed by atoms with Gasteiger partial charge in [0, 0.05) is 15.6 Å². The van der Waals surface area contributed by atoms with Crippen LogP contribution in [0.3, 0.4) is 0 Å². The van der Waals surface area contributed by atoms with Crippen LogP contribution in [0.2, 0.25) is 0 Å². The summed E-state index contributed by atoms with van der Waals surface area (Å²) in [6, 6.07) is 23.4. The van der Waals surface area contributed by atoms with Gasteiger partial charge >= 0.3 is 5.97 Å². The number of aliphatic imine (C=N–C) groups is 1. The Bertz CT molecular complexity index is 1150. The summed E-state index contributed by atoms with van der Waals surface area (Å²) in [6.07, 6.45) is 2.50. The molecule has 0 saturated carbocycles. The molecule has 0 spiro atoms. The highest BCUT2D eigenvalue weighted by Gasteiger charge is 2.24. The summed E-state index contributed by atoms with van der Waals surface area (Å²) in [6.45, 7) is 2.97. The van der Waals surface area contributed by atoms with Crippen molar-refractivity contribution in [2.24, 2.45) is 4.99 Å². The van der Waals surface area contributed by atoms with E-state index in [-0.39, 0.29) is 5.70 Å². The van der Waals surface area contributed by atoms with Crippen molar-refractivity contribution in [3.63, 3.8) is 0 Å². The zero-order valence-electron chi connectivity index (χ0n) is 17.6. The van der Waals surface area contributed by atoms with Crippen LogP contribution in [0, 0.1) is 3.57 Å². The quantitative estimate of drug-likeness (QED) is 0.211. The first-order chi connectivity index (χ1) is 15.6. The highest BCUT2D eigenvalue weighted by atomic mass is 127. The van der Waals surface area contributed by atoms with Crippen LogP contribution in [0.15, 0.2) is 83.5 Å². The van der Waals surface area contributed by atoms with E-state index >= 15 is 0 Å². The molecule has 3 aromatic rings. The van der Waals surface area contributed by atoms with E-state index in [1.807, 2.05) is 67.6 Å². The number of carbonyl (C=O) groups excluding carboxylic acids is 1. The van der Waals surface area contributed by atoms with Crippen molar-refractivity contribution >= 4 is 40.5 Å². The minimum Gasteiger partial charge on any atom is -0.490 e. The molecule has 1 heterocycles. The second-order valence-electron chi connectivity index (χ2n) is 7.07. The largest absolute Gasteiger partial charge is 0.490 e. The number of benzene rings is 3. The number of nitrogens with zero attached hydrogens (tertiary/aromatic N) is 1. The molecule has 0 aromatic heterocycles. The molecule has 6 heteroatoms. The van der Waals surface area contributed by atoms with Crippen LogP contribution in [0.5, 0.6) is 11.5 Å². The van der Waals surface area contributed by atoms with Crippen molar-refractivity contribution in [1.82, 2.24) is 0 Å². The number of esters is 1. The fourth-order valence-corrected chi connectivity index (χ4v) is 3.57. The molecule has 32 heavy (non-hydrogen) atoms. The highest BCUT2D eigenvalue weighted by molar-refractivity contribution is 14.1. The molecule has 3 aromatic carbocycles. The Hall–Kier alpha value is -3.13. The summed E-state index contributed by atoms with van der Waals surface area (Å²) in [7, 11) is 0. The Kier molecular flexibility index (Phi) is 7.21. The van der Waals surface area contributed by atoms with Crippen molar-refractivity contribution in [2.45, 2.75) is 13.3 Å². The smallest absolute Gasteiger partial charge is 0.363 e. The maximum absolute atomic E-state index is 12.3. The molecule has 0 aliphatic carbocycles. The molecular weight excluding hydrogens is 517 g/mol. The summed E-state index contributed by atoms with van der Waals surface area (Å²) in [5, 5.41) is 0. The first-order valence-electron chi connectivity index (χ1n) is 10.3. The lowest BCUT2D eigenvalue weighted by Gasteiger charge is -2.12. The maximum Gasteiger partial charge on any atom is 0.363 e. The lowest BCUT2D eigenvalue weighted by molar-refractivity contribution is -0.129. The lowest BCUT2D eigenvalue weighted by atomic mass is 10.1. The summed E-state index contributed by atoms with van der Waals surface area (Å²) in [4.78, 5) is 16.7. The van der Waals surface area contributed by atoms with E-state index in [0.717, 1.165) is 21.1 Å². The van der Waals surface area contributed by atoms with Gasteiger partial charge < -0.3 is 14.2 Å². The predicted molar refractivity (Wildman–Crippen MR) is 133 cm³/mol. The third-order valence-corrected chi connectivity index (χ3v) is 5.49. The zero-order valence-corrected chi connectivity index (χ0v) is 19.7. The minimum atomic E-state index is -0.473. The Balaban J connectivity index is 1.50. The minimum absolute atomic E-state index is 0.249. The number of halogens is 1. The SMILES string of the molecule is CCOc1cc(/C=C2\N=C(c3ccc(I)cc3)OC2=O)ccc1OCCc1ccccc1. The first kappa shape index (κ1) is 22.1. The molecule has 0 N–H and O–H groups in total. The Labute approximate surface area is 200 Å². The molecule has 5 nitrogen and oxygen atoms in total. The average molecular weight is 539 g/mol. The van der Waals surface area contributed by atoms with Crippen molar-refractivity contribution in [1.29, 1.82) is 0 Å². The van der Waals surface area contributed by atoms with E-state index < -0.39 is 5.97 Å². The fraction of sp³-hybridized carbons (Fsp3) is 0.154. The molecule has 1 aliphatic heterocycles. The third kappa shape index (κ3) is 5.56. The number of carbonyl (C=O) groups is 1. The zero-order chi connectivity index (χ0) is 22.3. The normalized spacial score (nSPS) is 14.2. The van der Waals surface area contributed by atoms with Gasteiger partial charge in [-0.2, -0.15) is 0 Å². The lowest BCUT2D eigenvalue weighted by Crippen LogP contribution is -2.05. The van der Waals surface area contributed by atoms with Crippen molar-refractivity contribution in [2.75, 3.05) is 13.2 Å². The van der Waals surface area contributed by atoms with Crippen molar-refractivity contribution < 1.29 is 19.0 Å². The molecule has 1 aliphatic rings. The van der Waals surface area contributed by atoms with E-state index in [0.29, 0.717) is 30.6 Å². The molecule has 0 saturated heterocycles. The number of hydrogen-bond acceptors (Lipinski definition) is 5. The van der Waals surface area contributed by atoms with Gasteiger partial charge in [0.2, 0.25) is 5.90 Å². The average Bonchev–Trinajstić information content (AvgIpc) is 3.16. The van der Waals surface area contributed by atoms with Gasteiger partial charge in [0.1, 0.15) is 0 Å². The van der Waals surface area contributed by atoms with E-state index in [2.05, 4.69) is 39.7 Å². The number of ether oxygens (including phenoxy) is 3. The van der Waals surface area contributed by atoms with Crippen LogP contribution in [-0.4, -0.2) is 25.1 Å². The Morgan fingerprint density at radius 3 is 2.50 bits per heavy atom. The van der Waals surface area contributed by atoms with Gasteiger partial charge in [0.25, 0.3) is 0 Å². The summed E-state index contributed by atoms with van der Waals surface area (Å²) >= 11 is 2.23. The Morgan fingerprint density at radius 1 is 0.969 bits per heavy atom. The van der Waals surface area contributed by atoms with Gasteiger partial charge in [0.15, 0.2) is 17.2 Å². The summed E-state index contributed by atoms with van der Waals surface area (Å²) in [5.74, 6) is 1.13. The van der Waals surface area contributed by atoms with Crippen molar-refractivity contribution in [3.8, 4) is 11.5 Å². The molecular formula is C26H22INO4. The third-order valence-electron chi connectivity index (χ3n) is 4.77. The van der Waals surface area contributed by atoms with Gasteiger partial charge in [-0.3, -0.25) is 0 Å². The standard InChI is InChI=1S/C26H22INO4/c1-2-30-24-17-19(8-13-23(24)31-15-14-18-6-4-3-5-7-18)16-22-26(29)32-25(28-22)20-9-11-21(27)12-10-20/h3-13,16-17H,2,14-15H2,1H3/b22-16-.